The van der Waals surface area contributed by atoms with Gasteiger partial charge in [0.05, 0.1) is 6.04 Å². The van der Waals surface area contributed by atoms with Crippen molar-refractivity contribution in [2.45, 2.75) is 101 Å². The number of hydrogen-bond acceptors (Lipinski definition) is 5. The van der Waals surface area contributed by atoms with Gasteiger partial charge < -0.3 is 26.6 Å². The maximum absolute atomic E-state index is 14.0. The molecule has 3 aliphatic rings. The second kappa shape index (κ2) is 11.4. The summed E-state index contributed by atoms with van der Waals surface area (Å²) in [7, 11) is 0. The number of fused-ring (bicyclic) bond motifs is 1. The fourth-order valence-corrected chi connectivity index (χ4v) is 6.49. The number of amides is 5. The Morgan fingerprint density at radius 1 is 1.05 bits per heavy atom. The van der Waals surface area contributed by atoms with Gasteiger partial charge in [0.1, 0.15) is 16.4 Å². The fourth-order valence-electron chi connectivity index (χ4n) is 5.66. The summed E-state index contributed by atoms with van der Waals surface area (Å²) in [4.78, 5) is 65.5. The predicted octanol–water partition coefficient (Wildman–Crippen LogP) is 2.00. The number of carbonyl (C=O) groups is 5. The fraction of sp³-hybridized carbons (Fsp3) is 0.800. The quantitative estimate of drug-likeness (QED) is 0.251. The Hall–Kier alpha value is -2.07. The molecule has 0 spiro atoms. The van der Waals surface area contributed by atoms with Crippen molar-refractivity contribution in [2.24, 2.45) is 23.5 Å². The minimum atomic E-state index is -1.18. The van der Waals surface area contributed by atoms with Crippen LogP contribution in [-0.2, 0) is 19.2 Å². The molecular weight excluding hydrogens is 521 g/mol. The molecule has 1 aliphatic heterocycles. The number of ketones is 1. The standard InChI is InChI=1S/C25H39Cl2N5O5/c1-5-9-15(19(33)20(28)34)29-21(35)18-16-14(25(16,26)27)12-32(18)22(36)17(13-10-7-6-8-11-13)30-23(37)31-24(2,3)4/h13-18H,5-12H2,1-4H3,(H2,28,34)(H,29,35)(H2,30,31,37). The van der Waals surface area contributed by atoms with Gasteiger partial charge in [-0.05, 0) is 46.0 Å². The second-order valence-electron chi connectivity index (χ2n) is 11.5. The SMILES string of the molecule is CCCC(NC(=O)C1C2C(CN1C(=O)C(NC(=O)NC(C)(C)C)C1CCCCC1)C2(Cl)Cl)C(=O)C(N)=O. The second-order valence-corrected chi connectivity index (χ2v) is 13.0. The number of piperidine rings is 1. The van der Waals surface area contributed by atoms with Gasteiger partial charge in [0.2, 0.25) is 17.6 Å². The van der Waals surface area contributed by atoms with E-state index in [0.29, 0.717) is 6.42 Å². The molecule has 2 aliphatic carbocycles. The van der Waals surface area contributed by atoms with Crippen LogP contribution in [0.25, 0.3) is 0 Å². The number of likely N-dealkylation sites (tertiary alicyclic amines) is 1. The molecule has 0 bridgehead atoms. The molecule has 0 aromatic heterocycles. The lowest BCUT2D eigenvalue weighted by Crippen LogP contribution is -2.61. The summed E-state index contributed by atoms with van der Waals surface area (Å²) in [6, 6.07) is -3.42. The number of primary amides is 1. The van der Waals surface area contributed by atoms with Crippen LogP contribution in [0.15, 0.2) is 0 Å². The molecule has 0 radical (unpaired) electrons. The van der Waals surface area contributed by atoms with E-state index in [1.54, 1.807) is 6.92 Å². The number of urea groups is 1. The van der Waals surface area contributed by atoms with Gasteiger partial charge in [-0.2, -0.15) is 0 Å². The maximum atomic E-state index is 14.0. The van der Waals surface area contributed by atoms with Crippen LogP contribution in [0.1, 0.15) is 72.6 Å². The van der Waals surface area contributed by atoms with E-state index in [0.717, 1.165) is 32.1 Å². The van der Waals surface area contributed by atoms with Crippen molar-refractivity contribution in [1.82, 2.24) is 20.9 Å². The van der Waals surface area contributed by atoms with Crippen LogP contribution in [0, 0.1) is 17.8 Å². The van der Waals surface area contributed by atoms with Crippen molar-refractivity contribution in [3.05, 3.63) is 0 Å². The summed E-state index contributed by atoms with van der Waals surface area (Å²) >= 11 is 12.9. The number of nitrogens with two attached hydrogens (primary N) is 1. The molecule has 1 saturated heterocycles. The first-order chi connectivity index (χ1) is 17.2. The monoisotopic (exact) mass is 559 g/mol. The van der Waals surface area contributed by atoms with Crippen molar-refractivity contribution < 1.29 is 24.0 Å². The van der Waals surface area contributed by atoms with Crippen molar-refractivity contribution in [3.8, 4) is 0 Å². The summed E-state index contributed by atoms with van der Waals surface area (Å²) in [6.45, 7) is 7.50. The highest BCUT2D eigenvalue weighted by molar-refractivity contribution is 6.51. The van der Waals surface area contributed by atoms with E-state index in [9.17, 15) is 24.0 Å². The Balaban J connectivity index is 1.85. The van der Waals surface area contributed by atoms with Crippen molar-refractivity contribution >= 4 is 52.7 Å². The summed E-state index contributed by atoms with van der Waals surface area (Å²) in [5.74, 6) is -3.95. The lowest BCUT2D eigenvalue weighted by atomic mass is 9.83. The van der Waals surface area contributed by atoms with Crippen molar-refractivity contribution in [1.29, 1.82) is 0 Å². The molecule has 3 rings (SSSR count). The molecule has 3 fully saturated rings. The molecule has 1 heterocycles. The van der Waals surface area contributed by atoms with Crippen LogP contribution in [0.4, 0.5) is 4.79 Å². The third-order valence-electron chi connectivity index (χ3n) is 7.50. The van der Waals surface area contributed by atoms with Gasteiger partial charge in [0.15, 0.2) is 0 Å². The van der Waals surface area contributed by atoms with Gasteiger partial charge in [-0.3, -0.25) is 19.2 Å². The third-order valence-corrected chi connectivity index (χ3v) is 8.56. The van der Waals surface area contributed by atoms with Crippen LogP contribution < -0.4 is 21.7 Å². The first-order valence-corrected chi connectivity index (χ1v) is 13.9. The Labute approximate surface area is 228 Å². The van der Waals surface area contributed by atoms with E-state index in [-0.39, 0.29) is 30.7 Å². The van der Waals surface area contributed by atoms with E-state index in [1.165, 1.54) is 4.90 Å². The molecule has 12 heteroatoms. The number of halogens is 2. The van der Waals surface area contributed by atoms with E-state index in [4.69, 9.17) is 28.9 Å². The minimum absolute atomic E-state index is 0.0753. The Bertz CT molecular complexity index is 931. The highest BCUT2D eigenvalue weighted by atomic mass is 35.5. The number of alkyl halides is 2. The van der Waals surface area contributed by atoms with E-state index < -0.39 is 57.5 Å². The van der Waals surface area contributed by atoms with Crippen LogP contribution >= 0.6 is 23.2 Å². The number of carbonyl (C=O) groups excluding carboxylic acids is 5. The van der Waals surface area contributed by atoms with Crippen LogP contribution in [0.2, 0.25) is 0 Å². The first-order valence-electron chi connectivity index (χ1n) is 13.1. The van der Waals surface area contributed by atoms with Gasteiger partial charge in [0, 0.05) is 23.9 Å². The zero-order valence-corrected chi connectivity index (χ0v) is 23.5. The van der Waals surface area contributed by atoms with E-state index >= 15 is 0 Å². The summed E-state index contributed by atoms with van der Waals surface area (Å²) in [6.07, 6.45) is 5.27. The molecular formula is C25H39Cl2N5O5. The zero-order valence-electron chi connectivity index (χ0n) is 21.9. The van der Waals surface area contributed by atoms with Gasteiger partial charge in [-0.1, -0.05) is 32.6 Å². The number of hydrogen-bond donors (Lipinski definition) is 4. The molecule has 5 N–H and O–H groups in total. The molecule has 2 saturated carbocycles. The number of nitrogens with zero attached hydrogens (tertiary/aromatic N) is 1. The Morgan fingerprint density at radius 2 is 1.68 bits per heavy atom. The van der Waals surface area contributed by atoms with Gasteiger partial charge in [-0.25, -0.2) is 4.79 Å². The average molecular weight is 561 g/mol. The third kappa shape index (κ3) is 6.69. The highest BCUT2D eigenvalue weighted by Crippen LogP contribution is 2.65. The highest BCUT2D eigenvalue weighted by Gasteiger charge is 2.74. The lowest BCUT2D eigenvalue weighted by Gasteiger charge is -2.37. The minimum Gasteiger partial charge on any atom is -0.363 e. The number of Topliss-reactive ketones (excluding diaryl/α,β-unsaturated/α-hetero) is 1. The molecule has 5 unspecified atom stereocenters. The molecule has 5 amide bonds. The zero-order chi connectivity index (χ0) is 27.7. The molecule has 5 atom stereocenters. The normalized spacial score (nSPS) is 26.4. The molecule has 208 valence electrons. The van der Waals surface area contributed by atoms with Crippen LogP contribution in [-0.4, -0.2) is 69.0 Å². The Morgan fingerprint density at radius 3 is 2.22 bits per heavy atom. The van der Waals surface area contributed by atoms with Gasteiger partial charge in [-0.15, -0.1) is 23.2 Å². The maximum Gasteiger partial charge on any atom is 0.315 e. The number of nitrogens with one attached hydrogen (secondary N) is 3. The molecule has 37 heavy (non-hydrogen) atoms. The first kappa shape index (κ1) is 29.5. The molecule has 0 aromatic carbocycles. The molecule has 0 aromatic rings. The van der Waals surface area contributed by atoms with E-state index in [1.807, 2.05) is 20.8 Å². The van der Waals surface area contributed by atoms with Gasteiger partial charge in [0.25, 0.3) is 5.91 Å². The van der Waals surface area contributed by atoms with Crippen LogP contribution in [0.3, 0.4) is 0 Å². The topological polar surface area (TPSA) is 151 Å². The molecule has 10 nitrogen and oxygen atoms in total. The largest absolute Gasteiger partial charge is 0.363 e. The number of rotatable bonds is 9. The Kier molecular flexibility index (Phi) is 9.05. The predicted molar refractivity (Wildman–Crippen MR) is 140 cm³/mol. The summed E-state index contributed by atoms with van der Waals surface area (Å²) < 4.78 is -1.18. The average Bonchev–Trinajstić information content (AvgIpc) is 3.14. The van der Waals surface area contributed by atoms with Crippen LogP contribution in [0.5, 0.6) is 0 Å². The summed E-state index contributed by atoms with van der Waals surface area (Å²) in [5, 5.41) is 8.32. The lowest BCUT2D eigenvalue weighted by molar-refractivity contribution is -0.144. The van der Waals surface area contributed by atoms with Gasteiger partial charge >= 0.3 is 6.03 Å². The van der Waals surface area contributed by atoms with E-state index in [2.05, 4.69) is 16.0 Å². The smallest absolute Gasteiger partial charge is 0.315 e. The van der Waals surface area contributed by atoms with Crippen molar-refractivity contribution in [3.63, 3.8) is 0 Å². The van der Waals surface area contributed by atoms with Crippen molar-refractivity contribution in [2.75, 3.05) is 6.54 Å². The summed E-state index contributed by atoms with van der Waals surface area (Å²) in [5.41, 5.74) is 4.67.